The van der Waals surface area contributed by atoms with Crippen molar-refractivity contribution in [3.63, 3.8) is 0 Å². The zero-order chi connectivity index (χ0) is 4.28. The second-order valence-electron chi connectivity index (χ2n) is 0.843. The predicted octanol–water partition coefficient (Wildman–Crippen LogP) is 1.17. The van der Waals surface area contributed by atoms with Gasteiger partial charge in [-0.15, -0.1) is 0 Å². The number of hydrogen-bond acceptors (Lipinski definition) is 1. The van der Waals surface area contributed by atoms with E-state index in [4.69, 9.17) is 5.11 Å². The summed E-state index contributed by atoms with van der Waals surface area (Å²) in [5.74, 6) is 0. The Labute approximate surface area is 49.9 Å². The molecule has 6 heavy (non-hydrogen) atoms. The van der Waals surface area contributed by atoms with Crippen LogP contribution >= 0.6 is 25.8 Å². The zero-order valence-corrected chi connectivity index (χ0v) is 6.82. The molecule has 1 N–H and O–H groups in total. The Kier molecular flexibility index (Phi) is 9.76. The molecule has 0 saturated heterocycles. The first kappa shape index (κ1) is 9.98. The molecule has 0 aliphatic carbocycles. The van der Waals surface area contributed by atoms with Crippen LogP contribution in [0.5, 0.6) is 0 Å². The van der Waals surface area contributed by atoms with Crippen molar-refractivity contribution < 1.29 is 5.11 Å². The van der Waals surface area contributed by atoms with Crippen LogP contribution < -0.4 is 0 Å². The van der Waals surface area contributed by atoms with Crippen LogP contribution in [0, 0.1) is 0 Å². The SMILES string of the molecule is CCC(O)Br.P. The van der Waals surface area contributed by atoms with Crippen molar-refractivity contribution in [1.29, 1.82) is 0 Å². The molecule has 0 aromatic rings. The summed E-state index contributed by atoms with van der Waals surface area (Å²) >= 11 is 2.93. The van der Waals surface area contributed by atoms with Gasteiger partial charge in [0.15, 0.2) is 0 Å². The van der Waals surface area contributed by atoms with Crippen molar-refractivity contribution in [3.05, 3.63) is 0 Å². The molecular weight excluding hydrogens is 163 g/mol. The van der Waals surface area contributed by atoms with E-state index >= 15 is 0 Å². The Morgan fingerprint density at radius 1 is 1.83 bits per heavy atom. The van der Waals surface area contributed by atoms with E-state index in [1.165, 1.54) is 0 Å². The summed E-state index contributed by atoms with van der Waals surface area (Å²) in [6.45, 7) is 1.90. The third-order valence-corrected chi connectivity index (χ3v) is 0.984. The van der Waals surface area contributed by atoms with Gasteiger partial charge in [-0.2, -0.15) is 9.90 Å². The smallest absolute Gasteiger partial charge is 0.108 e. The molecule has 0 spiro atoms. The topological polar surface area (TPSA) is 20.2 Å². The Morgan fingerprint density at radius 2 is 2.00 bits per heavy atom. The summed E-state index contributed by atoms with van der Waals surface area (Å²) in [6.07, 6.45) is 0.778. The molecule has 0 bridgehead atoms. The third-order valence-electron chi connectivity index (χ3n) is 0.337. The molecule has 2 atom stereocenters. The van der Waals surface area contributed by atoms with E-state index in [0.29, 0.717) is 0 Å². The van der Waals surface area contributed by atoms with Crippen molar-refractivity contribution >= 4 is 25.8 Å². The highest BCUT2D eigenvalue weighted by atomic mass is 79.9. The number of hydrogen-bond donors (Lipinski definition) is 1. The molecule has 3 heteroatoms. The summed E-state index contributed by atoms with van der Waals surface area (Å²) < 4.78 is 0. The first-order valence-electron chi connectivity index (χ1n) is 1.59. The van der Waals surface area contributed by atoms with Crippen LogP contribution in [0.4, 0.5) is 0 Å². The fraction of sp³-hybridized carbons (Fsp3) is 1.00. The van der Waals surface area contributed by atoms with Crippen LogP contribution in [0.3, 0.4) is 0 Å². The fourth-order valence-electron chi connectivity index (χ4n) is 0. The molecule has 0 amide bonds. The highest BCUT2D eigenvalue weighted by Crippen LogP contribution is 1.95. The minimum atomic E-state index is -0.303. The third kappa shape index (κ3) is 8.85. The van der Waals surface area contributed by atoms with E-state index in [1.54, 1.807) is 0 Å². The van der Waals surface area contributed by atoms with E-state index in [0.717, 1.165) is 6.42 Å². The standard InChI is InChI=1S/C3H7BrO.H3P/c1-2-3(4)5;/h3,5H,2H2,1H3;1H3. The van der Waals surface area contributed by atoms with Crippen LogP contribution in [0.2, 0.25) is 0 Å². The molecule has 1 nitrogen and oxygen atoms in total. The molecule has 0 rings (SSSR count). The minimum absolute atomic E-state index is 0. The van der Waals surface area contributed by atoms with Crippen LogP contribution in [-0.4, -0.2) is 10.1 Å². The van der Waals surface area contributed by atoms with Crippen LogP contribution in [0.1, 0.15) is 13.3 Å². The quantitative estimate of drug-likeness (QED) is 0.466. The molecule has 0 fully saturated rings. The maximum atomic E-state index is 8.28. The van der Waals surface area contributed by atoms with E-state index in [2.05, 4.69) is 15.9 Å². The Hall–Kier alpha value is 0.870. The maximum Gasteiger partial charge on any atom is 0.108 e. The highest BCUT2D eigenvalue weighted by Gasteiger charge is 1.84. The van der Waals surface area contributed by atoms with E-state index in [-0.39, 0.29) is 14.9 Å². The molecule has 0 saturated carbocycles. The molecule has 0 heterocycles. The lowest BCUT2D eigenvalue weighted by molar-refractivity contribution is 0.266. The molecule has 0 radical (unpaired) electrons. The fourth-order valence-corrected chi connectivity index (χ4v) is 0. The van der Waals surface area contributed by atoms with Gasteiger partial charge in [0.05, 0.1) is 0 Å². The second-order valence-corrected chi connectivity index (χ2v) is 1.90. The van der Waals surface area contributed by atoms with Gasteiger partial charge >= 0.3 is 0 Å². The van der Waals surface area contributed by atoms with E-state index in [1.807, 2.05) is 6.92 Å². The molecule has 0 aromatic heterocycles. The van der Waals surface area contributed by atoms with Crippen molar-refractivity contribution in [2.45, 2.75) is 18.4 Å². The average molecular weight is 173 g/mol. The van der Waals surface area contributed by atoms with Crippen LogP contribution in [0.25, 0.3) is 0 Å². The minimum Gasteiger partial charge on any atom is -0.382 e. The number of aliphatic hydroxyl groups is 1. The van der Waals surface area contributed by atoms with Crippen LogP contribution in [-0.2, 0) is 0 Å². The Morgan fingerprint density at radius 3 is 2.00 bits per heavy atom. The monoisotopic (exact) mass is 172 g/mol. The first-order chi connectivity index (χ1) is 2.27. The lowest BCUT2D eigenvalue weighted by Gasteiger charge is -1.88. The summed E-state index contributed by atoms with van der Waals surface area (Å²) in [6, 6.07) is 0. The van der Waals surface area contributed by atoms with Gasteiger partial charge in [0, 0.05) is 0 Å². The lowest BCUT2D eigenvalue weighted by atomic mass is 10.5. The van der Waals surface area contributed by atoms with Gasteiger partial charge in [-0.1, -0.05) is 22.9 Å². The van der Waals surface area contributed by atoms with Crippen molar-refractivity contribution in [2.75, 3.05) is 0 Å². The van der Waals surface area contributed by atoms with Gasteiger partial charge in [0.2, 0.25) is 0 Å². The molecule has 0 aromatic carbocycles. The van der Waals surface area contributed by atoms with Crippen molar-refractivity contribution in [3.8, 4) is 0 Å². The number of aliphatic hydroxyl groups excluding tert-OH is 1. The molecule has 40 valence electrons. The molecule has 0 aliphatic heterocycles. The van der Waals surface area contributed by atoms with E-state index in [9.17, 15) is 0 Å². The predicted molar refractivity (Wildman–Crippen MR) is 36.3 cm³/mol. The Balaban J connectivity index is 0. The first-order valence-corrected chi connectivity index (χ1v) is 2.51. The summed E-state index contributed by atoms with van der Waals surface area (Å²) in [5, 5.41) is 7.97. The van der Waals surface area contributed by atoms with Gasteiger partial charge in [0.25, 0.3) is 0 Å². The van der Waals surface area contributed by atoms with Gasteiger partial charge < -0.3 is 5.11 Å². The average Bonchev–Trinajstić information content (AvgIpc) is 1.38. The normalized spacial score (nSPS) is 12.5. The number of rotatable bonds is 1. The van der Waals surface area contributed by atoms with Crippen molar-refractivity contribution in [1.82, 2.24) is 0 Å². The molecule has 0 aliphatic rings. The maximum absolute atomic E-state index is 8.28. The number of halogens is 1. The largest absolute Gasteiger partial charge is 0.382 e. The zero-order valence-electron chi connectivity index (χ0n) is 3.82. The lowest BCUT2D eigenvalue weighted by Crippen LogP contribution is -1.87. The van der Waals surface area contributed by atoms with Crippen molar-refractivity contribution in [2.24, 2.45) is 0 Å². The van der Waals surface area contributed by atoms with Gasteiger partial charge in [-0.3, -0.25) is 0 Å². The van der Waals surface area contributed by atoms with Gasteiger partial charge in [0.1, 0.15) is 5.01 Å². The molecular formula is C3H10BrOP. The number of alkyl halides is 1. The molecule has 2 unspecified atom stereocenters. The summed E-state index contributed by atoms with van der Waals surface area (Å²) in [4.78, 5) is 0. The second kappa shape index (κ2) is 5.87. The van der Waals surface area contributed by atoms with Gasteiger partial charge in [-0.25, -0.2) is 0 Å². The van der Waals surface area contributed by atoms with Gasteiger partial charge in [-0.05, 0) is 6.42 Å². The summed E-state index contributed by atoms with van der Waals surface area (Å²) in [5.41, 5.74) is 0. The Bertz CT molecular complexity index is 24.8. The van der Waals surface area contributed by atoms with E-state index < -0.39 is 0 Å². The highest BCUT2D eigenvalue weighted by molar-refractivity contribution is 9.09. The summed E-state index contributed by atoms with van der Waals surface area (Å²) in [7, 11) is 0. The van der Waals surface area contributed by atoms with Crippen LogP contribution in [0.15, 0.2) is 0 Å².